The Bertz CT molecular complexity index is 1120. The van der Waals surface area contributed by atoms with Crippen molar-refractivity contribution in [2.45, 2.75) is 26.8 Å². The second-order valence-corrected chi connectivity index (χ2v) is 9.22. The molecular weight excluding hydrogens is 440 g/mol. The Morgan fingerprint density at radius 3 is 2.48 bits per heavy atom. The van der Waals surface area contributed by atoms with Gasteiger partial charge in [-0.05, 0) is 56.8 Å². The molecule has 2 aromatic carbocycles. The van der Waals surface area contributed by atoms with Crippen LogP contribution in [0.2, 0.25) is 0 Å². The first-order valence-electron chi connectivity index (χ1n) is 10.8. The highest BCUT2D eigenvalue weighted by Crippen LogP contribution is 2.37. The van der Waals surface area contributed by atoms with Gasteiger partial charge in [0.25, 0.3) is 11.6 Å². The van der Waals surface area contributed by atoms with Crippen molar-refractivity contribution in [3.63, 3.8) is 0 Å². The highest BCUT2D eigenvalue weighted by Gasteiger charge is 2.35. The van der Waals surface area contributed by atoms with Gasteiger partial charge in [0.15, 0.2) is 5.17 Å². The summed E-state index contributed by atoms with van der Waals surface area (Å²) < 4.78 is 5.45. The maximum Gasteiger partial charge on any atom is 0.270 e. The molecular formula is C24H26N4O4S. The molecule has 1 amide bonds. The zero-order valence-electron chi connectivity index (χ0n) is 18.9. The molecule has 2 aliphatic heterocycles. The SMILES string of the molecule is Cc1ccc(N=C2S/C(=C/c3cc([N+](=O)[O-])ccc3N3CCOCC3)C(=O)N2C(C)C)cc1. The molecule has 0 atom stereocenters. The highest BCUT2D eigenvalue weighted by molar-refractivity contribution is 8.18. The van der Waals surface area contributed by atoms with Gasteiger partial charge in [-0.15, -0.1) is 0 Å². The van der Waals surface area contributed by atoms with Crippen LogP contribution in [-0.4, -0.2) is 53.2 Å². The van der Waals surface area contributed by atoms with Crippen molar-refractivity contribution in [2.75, 3.05) is 31.2 Å². The number of nitro benzene ring substituents is 1. The Morgan fingerprint density at radius 2 is 1.85 bits per heavy atom. The number of hydrogen-bond acceptors (Lipinski definition) is 7. The monoisotopic (exact) mass is 466 g/mol. The summed E-state index contributed by atoms with van der Waals surface area (Å²) in [6.07, 6.45) is 1.75. The lowest BCUT2D eigenvalue weighted by molar-refractivity contribution is -0.384. The number of carbonyl (C=O) groups is 1. The summed E-state index contributed by atoms with van der Waals surface area (Å²) in [5.74, 6) is -0.153. The first kappa shape index (κ1) is 23.0. The van der Waals surface area contributed by atoms with E-state index in [-0.39, 0.29) is 17.6 Å². The fourth-order valence-corrected chi connectivity index (χ4v) is 4.87. The van der Waals surface area contributed by atoms with Crippen LogP contribution in [0.5, 0.6) is 0 Å². The molecule has 0 radical (unpaired) electrons. The molecule has 0 spiro atoms. The quantitative estimate of drug-likeness (QED) is 0.359. The van der Waals surface area contributed by atoms with E-state index >= 15 is 0 Å². The number of amides is 1. The average Bonchev–Trinajstić information content (AvgIpc) is 3.10. The van der Waals surface area contributed by atoms with E-state index in [0.29, 0.717) is 41.9 Å². The topological polar surface area (TPSA) is 88.3 Å². The van der Waals surface area contributed by atoms with Crippen molar-refractivity contribution in [1.82, 2.24) is 4.90 Å². The fourth-order valence-electron chi connectivity index (χ4n) is 3.75. The Morgan fingerprint density at radius 1 is 1.15 bits per heavy atom. The predicted octanol–water partition coefficient (Wildman–Crippen LogP) is 4.75. The van der Waals surface area contributed by atoms with Gasteiger partial charge in [-0.3, -0.25) is 19.8 Å². The molecule has 2 heterocycles. The second-order valence-electron chi connectivity index (χ2n) is 8.21. The number of hydrogen-bond donors (Lipinski definition) is 0. The molecule has 4 rings (SSSR count). The van der Waals surface area contributed by atoms with Gasteiger partial charge in [-0.25, -0.2) is 4.99 Å². The van der Waals surface area contributed by atoms with Gasteiger partial charge in [0.1, 0.15) is 0 Å². The third kappa shape index (κ3) is 5.09. The lowest BCUT2D eigenvalue weighted by Crippen LogP contribution is -2.36. The van der Waals surface area contributed by atoms with Crippen LogP contribution in [0.25, 0.3) is 6.08 Å². The van der Waals surface area contributed by atoms with Crippen LogP contribution >= 0.6 is 11.8 Å². The van der Waals surface area contributed by atoms with Crippen LogP contribution in [0, 0.1) is 17.0 Å². The molecule has 0 aromatic heterocycles. The minimum atomic E-state index is -0.417. The van der Waals surface area contributed by atoms with Crippen molar-refractivity contribution in [3.05, 3.63) is 68.6 Å². The Labute approximate surface area is 197 Å². The van der Waals surface area contributed by atoms with E-state index in [2.05, 4.69) is 4.90 Å². The van der Waals surface area contributed by atoms with Crippen LogP contribution < -0.4 is 4.90 Å². The zero-order chi connectivity index (χ0) is 23.5. The number of amidine groups is 1. The Balaban J connectivity index is 1.74. The van der Waals surface area contributed by atoms with E-state index in [1.807, 2.05) is 45.0 Å². The third-order valence-electron chi connectivity index (χ3n) is 5.47. The van der Waals surface area contributed by atoms with E-state index < -0.39 is 4.92 Å². The van der Waals surface area contributed by atoms with E-state index in [9.17, 15) is 14.9 Å². The van der Waals surface area contributed by atoms with Crippen LogP contribution in [-0.2, 0) is 9.53 Å². The lowest BCUT2D eigenvalue weighted by atomic mass is 10.1. The first-order valence-corrected chi connectivity index (χ1v) is 11.6. The van der Waals surface area contributed by atoms with E-state index in [0.717, 1.165) is 16.9 Å². The number of aliphatic imine (C=N–C) groups is 1. The minimum absolute atomic E-state index is 0.0106. The lowest BCUT2D eigenvalue weighted by Gasteiger charge is -2.30. The standard InChI is InChI=1S/C24H26N4O4S/c1-16(2)27-23(29)22(33-24(27)25-19-6-4-17(3)5-7-19)15-18-14-20(28(30)31)8-9-21(18)26-10-12-32-13-11-26/h4-9,14-16H,10-13H2,1-3H3/b22-15+,25-24?. The van der Waals surface area contributed by atoms with Crippen LogP contribution in [0.4, 0.5) is 17.1 Å². The van der Waals surface area contributed by atoms with Gasteiger partial charge >= 0.3 is 0 Å². The van der Waals surface area contributed by atoms with E-state index in [4.69, 9.17) is 9.73 Å². The summed E-state index contributed by atoms with van der Waals surface area (Å²) in [5.41, 5.74) is 3.39. The van der Waals surface area contributed by atoms with E-state index in [1.54, 1.807) is 17.0 Å². The molecule has 8 nitrogen and oxygen atoms in total. The predicted molar refractivity (Wildman–Crippen MR) is 132 cm³/mol. The fraction of sp³-hybridized carbons (Fsp3) is 0.333. The molecule has 0 aliphatic carbocycles. The van der Waals surface area contributed by atoms with Gasteiger partial charge in [0, 0.05) is 42.5 Å². The zero-order valence-corrected chi connectivity index (χ0v) is 19.7. The van der Waals surface area contributed by atoms with Crippen LogP contribution in [0.1, 0.15) is 25.0 Å². The molecule has 0 bridgehead atoms. The molecule has 2 aliphatic rings. The first-order chi connectivity index (χ1) is 15.8. The smallest absolute Gasteiger partial charge is 0.270 e. The molecule has 172 valence electrons. The number of morpholine rings is 1. The number of carbonyl (C=O) groups excluding carboxylic acids is 1. The van der Waals surface area contributed by atoms with Crippen molar-refractivity contribution < 1.29 is 14.5 Å². The van der Waals surface area contributed by atoms with Crippen molar-refractivity contribution in [2.24, 2.45) is 4.99 Å². The molecule has 2 saturated heterocycles. The second kappa shape index (κ2) is 9.76. The number of benzene rings is 2. The number of ether oxygens (including phenoxy) is 1. The summed E-state index contributed by atoms with van der Waals surface area (Å²) in [6, 6.07) is 12.5. The summed E-state index contributed by atoms with van der Waals surface area (Å²) in [4.78, 5) is 33.3. The van der Waals surface area contributed by atoms with Gasteiger partial charge in [-0.1, -0.05) is 17.7 Å². The number of anilines is 1. The summed E-state index contributed by atoms with van der Waals surface area (Å²) in [7, 11) is 0. The number of thioether (sulfide) groups is 1. The number of nitro groups is 1. The van der Waals surface area contributed by atoms with Gasteiger partial charge < -0.3 is 9.64 Å². The Kier molecular flexibility index (Phi) is 6.80. The van der Waals surface area contributed by atoms with Gasteiger partial charge in [0.2, 0.25) is 0 Å². The molecule has 0 unspecified atom stereocenters. The molecule has 33 heavy (non-hydrogen) atoms. The van der Waals surface area contributed by atoms with Crippen molar-refractivity contribution in [3.8, 4) is 0 Å². The highest BCUT2D eigenvalue weighted by atomic mass is 32.2. The summed E-state index contributed by atoms with van der Waals surface area (Å²) in [5, 5.41) is 12.0. The minimum Gasteiger partial charge on any atom is -0.378 e. The van der Waals surface area contributed by atoms with E-state index in [1.165, 1.54) is 23.9 Å². The third-order valence-corrected chi connectivity index (χ3v) is 6.46. The van der Waals surface area contributed by atoms with Gasteiger partial charge in [-0.2, -0.15) is 0 Å². The van der Waals surface area contributed by atoms with Crippen LogP contribution in [0.3, 0.4) is 0 Å². The largest absolute Gasteiger partial charge is 0.378 e. The van der Waals surface area contributed by atoms with Gasteiger partial charge in [0.05, 0.1) is 28.7 Å². The molecule has 2 aromatic rings. The summed E-state index contributed by atoms with van der Waals surface area (Å²) >= 11 is 1.29. The molecule has 9 heteroatoms. The molecule has 0 saturated carbocycles. The maximum atomic E-state index is 13.3. The molecule has 2 fully saturated rings. The number of non-ortho nitro benzene ring substituents is 1. The Hall–Kier alpha value is -3.17. The maximum absolute atomic E-state index is 13.3. The number of aryl methyl sites for hydroxylation is 1. The number of nitrogens with zero attached hydrogens (tertiary/aromatic N) is 4. The van der Waals surface area contributed by atoms with Crippen molar-refractivity contribution in [1.29, 1.82) is 0 Å². The normalized spacial score (nSPS) is 19.2. The van der Waals surface area contributed by atoms with Crippen molar-refractivity contribution >= 4 is 46.0 Å². The number of rotatable bonds is 5. The summed E-state index contributed by atoms with van der Waals surface area (Å²) in [6.45, 7) is 8.46. The van der Waals surface area contributed by atoms with Crippen LogP contribution in [0.15, 0.2) is 52.4 Å². The average molecular weight is 467 g/mol. The molecule has 0 N–H and O–H groups in total.